The number of carbonyl (C=O) groups excluding carboxylic acids is 2. The van der Waals surface area contributed by atoms with Crippen LogP contribution >= 0.6 is 25.3 Å². The molecule has 0 heterocycles. The smallest absolute Gasteiger partial charge is 0.550 e. The number of rotatable bonds is 6. The molecule has 0 aliphatic heterocycles. The van der Waals surface area contributed by atoms with E-state index in [9.17, 15) is 19.8 Å². The number of carbonyl (C=O) groups is 2. The molecule has 0 spiro atoms. The summed E-state index contributed by atoms with van der Waals surface area (Å²) in [5.74, 6) is -0.523. The molecule has 104 valence electrons. The second-order valence-electron chi connectivity index (χ2n) is 5.41. The molecule has 0 aromatic rings. The van der Waals surface area contributed by atoms with Crippen LogP contribution in [0.3, 0.4) is 0 Å². The summed E-state index contributed by atoms with van der Waals surface area (Å²) in [6.45, 7) is 0. The molecule has 2 saturated carbocycles. The summed E-state index contributed by atoms with van der Waals surface area (Å²) in [5.41, 5.74) is 0.0316. The predicted octanol–water partition coefficient (Wildman–Crippen LogP) is -6.32. The number of aliphatic carboxylic acids is 2. The zero-order valence-corrected chi connectivity index (χ0v) is 18.0. The van der Waals surface area contributed by atoms with Crippen LogP contribution in [0, 0.1) is 10.8 Å². The fourth-order valence-electron chi connectivity index (χ4n) is 1.75. The molecule has 2 aliphatic carbocycles. The maximum atomic E-state index is 10.1. The monoisotopic (exact) mass is 336 g/mol. The van der Waals surface area contributed by atoms with Gasteiger partial charge in [-0.25, -0.2) is 0 Å². The fourth-order valence-corrected chi connectivity index (χ4v) is 2.60. The maximum Gasteiger partial charge on any atom is 1.00 e. The number of carboxylic acid groups (broad SMARTS) is 2. The second-order valence-corrected chi connectivity index (χ2v) is 6.05. The Labute approximate surface area is 175 Å². The van der Waals surface area contributed by atoms with E-state index < -0.39 is 11.9 Å². The van der Waals surface area contributed by atoms with Crippen molar-refractivity contribution in [3.63, 3.8) is 0 Å². The zero-order chi connectivity index (χ0) is 13.8. The summed E-state index contributed by atoms with van der Waals surface area (Å²) in [6, 6.07) is 0. The Balaban J connectivity index is 0. The average Bonchev–Trinajstić information content (AvgIpc) is 3.16. The Hall–Kier alpha value is 1.64. The van der Waals surface area contributed by atoms with Crippen molar-refractivity contribution in [2.24, 2.45) is 10.8 Å². The molecule has 2 fully saturated rings. The van der Waals surface area contributed by atoms with Crippen molar-refractivity contribution in [3.8, 4) is 0 Å². The summed E-state index contributed by atoms with van der Waals surface area (Å²) in [6.07, 6.45) is 4.40. The average molecular weight is 336 g/mol. The van der Waals surface area contributed by atoms with Gasteiger partial charge in [0.05, 0.1) is 0 Å². The molecule has 0 unspecified atom stereocenters. The van der Waals surface area contributed by atoms with Crippen molar-refractivity contribution in [2.45, 2.75) is 38.5 Å². The number of hydrogen-bond acceptors (Lipinski definition) is 6. The Bertz CT molecular complexity index is 299. The minimum atomic E-state index is -0.943. The zero-order valence-electron chi connectivity index (χ0n) is 12.2. The SMILES string of the molecule is O=C([O-])CC1(CS)CC1.O=C([O-])CC1(CS)CC1.[Na+].[Na+]. The van der Waals surface area contributed by atoms with Crippen LogP contribution < -0.4 is 69.3 Å². The van der Waals surface area contributed by atoms with Crippen molar-refractivity contribution < 1.29 is 78.9 Å². The van der Waals surface area contributed by atoms with Crippen LogP contribution in [0.5, 0.6) is 0 Å². The van der Waals surface area contributed by atoms with Gasteiger partial charge in [-0.3, -0.25) is 0 Å². The molecule has 0 saturated heterocycles. The number of thiol groups is 2. The van der Waals surface area contributed by atoms with Crippen LogP contribution in [0.25, 0.3) is 0 Å². The molecule has 0 radical (unpaired) electrons. The maximum absolute atomic E-state index is 10.1. The van der Waals surface area contributed by atoms with Crippen LogP contribution in [0.15, 0.2) is 0 Å². The van der Waals surface area contributed by atoms with Crippen molar-refractivity contribution in [1.29, 1.82) is 0 Å². The van der Waals surface area contributed by atoms with Gasteiger partial charge in [-0.15, -0.1) is 0 Å². The molecule has 2 aliphatic rings. The van der Waals surface area contributed by atoms with Crippen molar-refractivity contribution in [2.75, 3.05) is 11.5 Å². The molecule has 0 N–H and O–H groups in total. The molecule has 0 aromatic carbocycles. The second kappa shape index (κ2) is 10.4. The van der Waals surface area contributed by atoms with Crippen LogP contribution in [0.1, 0.15) is 38.5 Å². The van der Waals surface area contributed by atoms with Crippen molar-refractivity contribution in [3.05, 3.63) is 0 Å². The quantitative estimate of drug-likeness (QED) is 0.374. The molecule has 20 heavy (non-hydrogen) atoms. The molecule has 4 nitrogen and oxygen atoms in total. The molecule has 0 atom stereocenters. The first kappa shape index (κ1) is 23.9. The summed E-state index contributed by atoms with van der Waals surface area (Å²) in [5, 5.41) is 20.1. The summed E-state index contributed by atoms with van der Waals surface area (Å²) in [7, 11) is 0. The molecule has 0 bridgehead atoms. The molecular weight excluding hydrogens is 318 g/mol. The summed E-state index contributed by atoms with van der Waals surface area (Å²) < 4.78 is 0. The van der Waals surface area contributed by atoms with Gasteiger partial charge >= 0.3 is 59.1 Å². The molecule has 0 aromatic heterocycles. The van der Waals surface area contributed by atoms with Gasteiger partial charge in [0.15, 0.2) is 0 Å². The van der Waals surface area contributed by atoms with Gasteiger partial charge in [0.2, 0.25) is 0 Å². The van der Waals surface area contributed by atoms with Crippen LogP contribution in [-0.2, 0) is 9.59 Å². The first-order valence-electron chi connectivity index (χ1n) is 5.98. The molecular formula is C12H18Na2O4S2. The number of carboxylic acids is 2. The standard InChI is InChI=1S/2C6H10O2S.2Na/c2*7-5(8)3-6(4-9)1-2-6;;/h2*9H,1-4H2,(H,7,8);;/q;;2*+1/p-2. The van der Waals surface area contributed by atoms with Crippen molar-refractivity contribution >= 4 is 37.2 Å². The fraction of sp³-hybridized carbons (Fsp3) is 0.833. The molecule has 2 rings (SSSR count). The largest absolute Gasteiger partial charge is 1.00 e. The first-order valence-corrected chi connectivity index (χ1v) is 7.25. The van der Waals surface area contributed by atoms with E-state index in [2.05, 4.69) is 25.3 Å². The Morgan fingerprint density at radius 2 is 1.05 bits per heavy atom. The van der Waals surface area contributed by atoms with Crippen LogP contribution in [0.4, 0.5) is 0 Å². The normalized spacial score (nSPS) is 19.3. The van der Waals surface area contributed by atoms with Gasteiger partial charge in [0.1, 0.15) is 0 Å². The van der Waals surface area contributed by atoms with Crippen LogP contribution in [-0.4, -0.2) is 23.4 Å². The summed E-state index contributed by atoms with van der Waals surface area (Å²) >= 11 is 8.09. The number of hydrogen-bond donors (Lipinski definition) is 2. The predicted molar refractivity (Wildman–Crippen MR) is 70.3 cm³/mol. The Morgan fingerprint density at radius 1 is 0.800 bits per heavy atom. The van der Waals surface area contributed by atoms with E-state index in [1.165, 1.54) is 0 Å². The topological polar surface area (TPSA) is 80.3 Å². The van der Waals surface area contributed by atoms with E-state index in [1.807, 2.05) is 0 Å². The van der Waals surface area contributed by atoms with Crippen LogP contribution in [0.2, 0.25) is 0 Å². The molecule has 8 heteroatoms. The van der Waals surface area contributed by atoms with E-state index in [1.54, 1.807) is 0 Å². The Kier molecular flexibility index (Phi) is 12.5. The first-order chi connectivity index (χ1) is 8.37. The van der Waals surface area contributed by atoms with E-state index in [-0.39, 0.29) is 82.8 Å². The third-order valence-electron chi connectivity index (χ3n) is 3.62. The van der Waals surface area contributed by atoms with Gasteiger partial charge in [-0.2, -0.15) is 25.3 Å². The van der Waals surface area contributed by atoms with Gasteiger partial charge in [0.25, 0.3) is 0 Å². The minimum absolute atomic E-state index is 0. The van der Waals surface area contributed by atoms with Crippen molar-refractivity contribution in [1.82, 2.24) is 0 Å². The van der Waals surface area contributed by atoms with E-state index in [0.717, 1.165) is 25.7 Å². The van der Waals surface area contributed by atoms with E-state index >= 15 is 0 Å². The third-order valence-corrected chi connectivity index (χ3v) is 4.97. The van der Waals surface area contributed by atoms with Gasteiger partial charge < -0.3 is 19.8 Å². The van der Waals surface area contributed by atoms with Gasteiger partial charge in [-0.1, -0.05) is 0 Å². The third kappa shape index (κ3) is 8.93. The van der Waals surface area contributed by atoms with Gasteiger partial charge in [-0.05, 0) is 60.9 Å². The summed E-state index contributed by atoms with van der Waals surface area (Å²) in [4.78, 5) is 20.1. The minimum Gasteiger partial charge on any atom is -0.550 e. The van der Waals surface area contributed by atoms with E-state index in [4.69, 9.17) is 0 Å². The van der Waals surface area contributed by atoms with Gasteiger partial charge in [0, 0.05) is 11.9 Å². The van der Waals surface area contributed by atoms with E-state index in [0.29, 0.717) is 11.5 Å². The molecule has 0 amide bonds. The Morgan fingerprint density at radius 3 is 1.10 bits per heavy atom.